The van der Waals surface area contributed by atoms with Crippen molar-refractivity contribution >= 4 is 28.2 Å². The first-order chi connectivity index (χ1) is 17.2. The van der Waals surface area contributed by atoms with E-state index in [1.165, 1.54) is 29.4 Å². The maximum Gasteiger partial charge on any atom is 0.162 e. The highest BCUT2D eigenvalue weighted by Gasteiger charge is 2.29. The van der Waals surface area contributed by atoms with Crippen LogP contribution >= 0.6 is 0 Å². The monoisotopic (exact) mass is 465 g/mol. The second-order valence-electron chi connectivity index (χ2n) is 9.84. The van der Waals surface area contributed by atoms with Crippen LogP contribution in [0.3, 0.4) is 0 Å². The lowest BCUT2D eigenvalue weighted by Crippen LogP contribution is -2.44. The van der Waals surface area contributed by atoms with Crippen LogP contribution in [0.1, 0.15) is 49.7 Å². The Morgan fingerprint density at radius 1 is 1.03 bits per heavy atom. The predicted molar refractivity (Wildman–Crippen MR) is 141 cm³/mol. The lowest BCUT2D eigenvalue weighted by molar-refractivity contribution is 0.586. The third-order valence-corrected chi connectivity index (χ3v) is 6.89. The minimum absolute atomic E-state index is 0.472. The first-order valence-electron chi connectivity index (χ1n) is 12.6. The second-order valence-corrected chi connectivity index (χ2v) is 9.84. The molecule has 0 amide bonds. The highest BCUT2D eigenvalue weighted by molar-refractivity contribution is 5.94. The Morgan fingerprint density at radius 3 is 2.69 bits per heavy atom. The number of piperazine rings is 1. The molecule has 2 aliphatic rings. The van der Waals surface area contributed by atoms with Crippen LogP contribution in [0.15, 0.2) is 55.0 Å². The van der Waals surface area contributed by atoms with Gasteiger partial charge in [-0.1, -0.05) is 26.0 Å². The van der Waals surface area contributed by atoms with E-state index in [9.17, 15) is 0 Å². The van der Waals surface area contributed by atoms with E-state index < -0.39 is 0 Å². The van der Waals surface area contributed by atoms with E-state index in [4.69, 9.17) is 9.97 Å². The molecule has 0 radical (unpaired) electrons. The number of rotatable bonds is 6. The Kier molecular flexibility index (Phi) is 5.78. The SMILES string of the molecule is CC(C)c1cccc(Nc2cc(-c3nc(N4CCNCC4)c4c(C5CC5)cncc4n3)ccn2)c1. The van der Waals surface area contributed by atoms with Gasteiger partial charge in [-0.05, 0) is 60.1 Å². The summed E-state index contributed by atoms with van der Waals surface area (Å²) in [5, 5.41) is 8.09. The fourth-order valence-electron chi connectivity index (χ4n) is 4.79. The number of pyridine rings is 2. The number of nitrogens with zero attached hydrogens (tertiary/aromatic N) is 5. The number of nitrogens with one attached hydrogen (secondary N) is 2. The summed E-state index contributed by atoms with van der Waals surface area (Å²) in [5.41, 5.74) is 5.48. The van der Waals surface area contributed by atoms with Crippen molar-refractivity contribution in [1.29, 1.82) is 0 Å². The number of anilines is 3. The molecule has 3 aromatic heterocycles. The Balaban J connectivity index is 1.40. The highest BCUT2D eigenvalue weighted by Crippen LogP contribution is 2.44. The van der Waals surface area contributed by atoms with E-state index in [1.54, 1.807) is 0 Å². The Morgan fingerprint density at radius 2 is 1.89 bits per heavy atom. The van der Waals surface area contributed by atoms with Crippen LogP contribution in [0.4, 0.5) is 17.3 Å². The summed E-state index contributed by atoms with van der Waals surface area (Å²) < 4.78 is 0. The van der Waals surface area contributed by atoms with Crippen molar-refractivity contribution < 1.29 is 0 Å². The van der Waals surface area contributed by atoms with E-state index >= 15 is 0 Å². The van der Waals surface area contributed by atoms with Gasteiger partial charge in [0, 0.05) is 55.2 Å². The molecular formula is C28H31N7. The molecule has 1 saturated carbocycles. The summed E-state index contributed by atoms with van der Waals surface area (Å²) in [7, 11) is 0. The van der Waals surface area contributed by atoms with Gasteiger partial charge in [0.25, 0.3) is 0 Å². The van der Waals surface area contributed by atoms with E-state index in [0.29, 0.717) is 17.7 Å². The summed E-state index contributed by atoms with van der Waals surface area (Å²) in [4.78, 5) is 21.6. The van der Waals surface area contributed by atoms with Crippen LogP contribution in [0, 0.1) is 0 Å². The average molecular weight is 466 g/mol. The molecule has 7 nitrogen and oxygen atoms in total. The van der Waals surface area contributed by atoms with E-state index in [1.807, 2.05) is 30.7 Å². The molecule has 2 N–H and O–H groups in total. The Labute approximate surface area is 206 Å². The van der Waals surface area contributed by atoms with Gasteiger partial charge in [0.05, 0.1) is 11.7 Å². The molecule has 2 fully saturated rings. The van der Waals surface area contributed by atoms with Crippen LogP contribution < -0.4 is 15.5 Å². The number of benzene rings is 1. The molecular weight excluding hydrogens is 434 g/mol. The van der Waals surface area contributed by atoms with Gasteiger partial charge in [-0.3, -0.25) is 4.98 Å². The van der Waals surface area contributed by atoms with Gasteiger partial charge in [-0.15, -0.1) is 0 Å². The van der Waals surface area contributed by atoms with Crippen LogP contribution in [0.2, 0.25) is 0 Å². The second kappa shape index (κ2) is 9.23. The van der Waals surface area contributed by atoms with Gasteiger partial charge in [0.15, 0.2) is 5.82 Å². The first-order valence-corrected chi connectivity index (χ1v) is 12.6. The average Bonchev–Trinajstić information content (AvgIpc) is 3.74. The summed E-state index contributed by atoms with van der Waals surface area (Å²) in [5.74, 6) is 3.58. The van der Waals surface area contributed by atoms with Crippen molar-refractivity contribution in [2.75, 3.05) is 36.4 Å². The van der Waals surface area contributed by atoms with Gasteiger partial charge in [-0.25, -0.2) is 15.0 Å². The topological polar surface area (TPSA) is 78.9 Å². The lowest BCUT2D eigenvalue weighted by Gasteiger charge is -2.30. The molecule has 6 rings (SSSR count). The van der Waals surface area contributed by atoms with Gasteiger partial charge in [-0.2, -0.15) is 0 Å². The van der Waals surface area contributed by atoms with E-state index in [-0.39, 0.29) is 0 Å². The molecule has 1 aliphatic carbocycles. The normalized spacial score (nSPS) is 16.1. The summed E-state index contributed by atoms with van der Waals surface area (Å²) in [6, 6.07) is 12.5. The first kappa shape index (κ1) is 21.9. The lowest BCUT2D eigenvalue weighted by atomic mass is 10.0. The Hall–Kier alpha value is -3.58. The number of aromatic nitrogens is 4. The molecule has 35 heavy (non-hydrogen) atoms. The molecule has 0 bridgehead atoms. The van der Waals surface area contributed by atoms with E-state index in [0.717, 1.165) is 54.6 Å². The van der Waals surface area contributed by atoms with Crippen molar-refractivity contribution in [2.45, 2.75) is 38.5 Å². The minimum atomic E-state index is 0.472. The summed E-state index contributed by atoms with van der Waals surface area (Å²) in [6.07, 6.45) is 8.17. The van der Waals surface area contributed by atoms with Crippen molar-refractivity contribution in [2.24, 2.45) is 0 Å². The van der Waals surface area contributed by atoms with Gasteiger partial charge in [0.1, 0.15) is 11.6 Å². The van der Waals surface area contributed by atoms with Gasteiger partial charge in [0.2, 0.25) is 0 Å². The molecule has 0 unspecified atom stereocenters. The largest absolute Gasteiger partial charge is 0.353 e. The number of fused-ring (bicyclic) bond motifs is 1. The molecule has 4 heterocycles. The highest BCUT2D eigenvalue weighted by atomic mass is 15.2. The van der Waals surface area contributed by atoms with Gasteiger partial charge >= 0.3 is 0 Å². The number of hydrogen-bond donors (Lipinski definition) is 2. The maximum atomic E-state index is 5.15. The molecule has 178 valence electrons. The quantitative estimate of drug-likeness (QED) is 0.403. The zero-order chi connectivity index (χ0) is 23.8. The van der Waals surface area contributed by atoms with Crippen LogP contribution in [0.25, 0.3) is 22.3 Å². The molecule has 7 heteroatoms. The van der Waals surface area contributed by atoms with Crippen molar-refractivity contribution in [3.63, 3.8) is 0 Å². The molecule has 0 atom stereocenters. The predicted octanol–water partition coefficient (Wildman–Crippen LogP) is 5.24. The van der Waals surface area contributed by atoms with Crippen molar-refractivity contribution in [1.82, 2.24) is 25.3 Å². The molecule has 1 aliphatic heterocycles. The standard InChI is InChI=1S/C28H31N7/c1-18(2)20-4-3-5-22(14-20)32-25-15-21(8-9-31-25)27-33-24-17-30-16-23(19-6-7-19)26(24)28(34-27)35-12-10-29-11-13-35/h3-5,8-9,14-19,29H,6-7,10-13H2,1-2H3,(H,31,32). The van der Waals surface area contributed by atoms with Crippen LogP contribution in [-0.4, -0.2) is 46.1 Å². The van der Waals surface area contributed by atoms with Gasteiger partial charge < -0.3 is 15.5 Å². The summed E-state index contributed by atoms with van der Waals surface area (Å²) >= 11 is 0. The van der Waals surface area contributed by atoms with Crippen LogP contribution in [0.5, 0.6) is 0 Å². The Bertz CT molecular complexity index is 1360. The zero-order valence-corrected chi connectivity index (χ0v) is 20.3. The fourth-order valence-corrected chi connectivity index (χ4v) is 4.79. The molecule has 0 spiro atoms. The van der Waals surface area contributed by atoms with Crippen LogP contribution in [-0.2, 0) is 0 Å². The third-order valence-electron chi connectivity index (χ3n) is 6.89. The van der Waals surface area contributed by atoms with E-state index in [2.05, 4.69) is 63.6 Å². The smallest absolute Gasteiger partial charge is 0.162 e. The fraction of sp³-hybridized carbons (Fsp3) is 0.357. The maximum absolute atomic E-state index is 5.15. The zero-order valence-electron chi connectivity index (χ0n) is 20.3. The summed E-state index contributed by atoms with van der Waals surface area (Å²) in [6.45, 7) is 8.20. The van der Waals surface area contributed by atoms with Crippen molar-refractivity contribution in [3.8, 4) is 11.4 Å². The molecule has 4 aromatic rings. The molecule has 1 saturated heterocycles. The minimum Gasteiger partial charge on any atom is -0.353 e. The van der Waals surface area contributed by atoms with Crippen molar-refractivity contribution in [3.05, 3.63) is 66.1 Å². The number of hydrogen-bond acceptors (Lipinski definition) is 7. The molecule has 1 aromatic carbocycles. The third kappa shape index (κ3) is 4.56.